The lowest BCUT2D eigenvalue weighted by atomic mass is 10.3. The molecule has 8 nitrogen and oxygen atoms in total. The highest BCUT2D eigenvalue weighted by molar-refractivity contribution is 7.89. The highest BCUT2D eigenvalue weighted by Crippen LogP contribution is 2.05. The van der Waals surface area contributed by atoms with Crippen LogP contribution < -0.4 is 10.2 Å². The first-order valence-electron chi connectivity index (χ1n) is 6.48. The Kier molecular flexibility index (Phi) is 4.76. The largest absolute Gasteiger partial charge is 0.378 e. The first-order valence-corrected chi connectivity index (χ1v) is 7.96. The summed E-state index contributed by atoms with van der Waals surface area (Å²) < 4.78 is 31.6. The van der Waals surface area contributed by atoms with Gasteiger partial charge < -0.3 is 14.6 Å². The third-order valence-corrected chi connectivity index (χ3v) is 4.66. The van der Waals surface area contributed by atoms with Crippen LogP contribution in [0.3, 0.4) is 0 Å². The Morgan fingerprint density at radius 1 is 1.43 bits per heavy atom. The van der Waals surface area contributed by atoms with E-state index in [0.29, 0.717) is 26.3 Å². The Labute approximate surface area is 122 Å². The Morgan fingerprint density at radius 3 is 2.71 bits per heavy atom. The van der Waals surface area contributed by atoms with E-state index in [4.69, 9.17) is 4.74 Å². The highest BCUT2D eigenvalue weighted by atomic mass is 32.2. The molecule has 21 heavy (non-hydrogen) atoms. The molecular weight excluding hydrogens is 298 g/mol. The van der Waals surface area contributed by atoms with Gasteiger partial charge in [-0.3, -0.25) is 9.59 Å². The summed E-state index contributed by atoms with van der Waals surface area (Å²) in [6.07, 6.45) is 2.43. The Morgan fingerprint density at radius 2 is 2.10 bits per heavy atom. The van der Waals surface area contributed by atoms with E-state index in [1.54, 1.807) is 0 Å². The van der Waals surface area contributed by atoms with Crippen molar-refractivity contribution in [2.45, 2.75) is 17.9 Å². The predicted octanol–water partition coefficient (Wildman–Crippen LogP) is -1.10. The standard InChI is InChI=1S/C12H17N3O5S/c1-9(12(17)15-4-6-20-7-5-15)14-21(18,19)11-8-13-3-2-10(11)16/h2-3,8-9,14H,4-7H2,1H3,(H,13,16). The number of carbonyl (C=O) groups excluding carboxylic acids is 1. The van der Waals surface area contributed by atoms with Crippen molar-refractivity contribution in [3.8, 4) is 0 Å². The molecule has 0 bridgehead atoms. The molecule has 1 aromatic rings. The molecule has 0 saturated carbocycles. The molecule has 2 N–H and O–H groups in total. The molecule has 1 saturated heterocycles. The quantitative estimate of drug-likeness (QED) is 0.733. The average molecular weight is 315 g/mol. The number of ether oxygens (including phenoxy) is 1. The summed E-state index contributed by atoms with van der Waals surface area (Å²) in [7, 11) is -4.05. The van der Waals surface area contributed by atoms with Gasteiger partial charge in [-0.25, -0.2) is 8.42 Å². The molecule has 0 spiro atoms. The smallest absolute Gasteiger partial charge is 0.246 e. The van der Waals surface area contributed by atoms with E-state index in [1.807, 2.05) is 0 Å². The van der Waals surface area contributed by atoms with Crippen molar-refractivity contribution in [1.29, 1.82) is 0 Å². The average Bonchev–Trinajstić information content (AvgIpc) is 2.47. The number of carbonyl (C=O) groups is 1. The molecule has 116 valence electrons. The van der Waals surface area contributed by atoms with Crippen LogP contribution in [0, 0.1) is 0 Å². The first kappa shape index (κ1) is 15.7. The van der Waals surface area contributed by atoms with Crippen molar-refractivity contribution in [3.05, 3.63) is 28.7 Å². The van der Waals surface area contributed by atoms with E-state index in [9.17, 15) is 18.0 Å². The summed E-state index contributed by atoms with van der Waals surface area (Å²) >= 11 is 0. The molecule has 0 radical (unpaired) electrons. The second kappa shape index (κ2) is 6.37. The molecule has 2 heterocycles. The van der Waals surface area contributed by atoms with E-state index >= 15 is 0 Å². The topological polar surface area (TPSA) is 109 Å². The molecule has 0 aliphatic carbocycles. The number of hydrogen-bond acceptors (Lipinski definition) is 5. The number of aromatic nitrogens is 1. The third-order valence-electron chi connectivity index (χ3n) is 3.10. The number of rotatable bonds is 4. The van der Waals surface area contributed by atoms with Gasteiger partial charge in [-0.2, -0.15) is 4.72 Å². The number of aromatic amines is 1. The van der Waals surface area contributed by atoms with Crippen LogP contribution in [0.15, 0.2) is 28.2 Å². The van der Waals surface area contributed by atoms with Crippen LogP contribution in [0.4, 0.5) is 0 Å². The van der Waals surface area contributed by atoms with Gasteiger partial charge in [0.15, 0.2) is 0 Å². The molecule has 1 amide bonds. The van der Waals surface area contributed by atoms with Crippen molar-refractivity contribution in [2.75, 3.05) is 26.3 Å². The number of pyridine rings is 1. The molecule has 1 unspecified atom stereocenters. The van der Waals surface area contributed by atoms with Gasteiger partial charge in [-0.1, -0.05) is 0 Å². The SMILES string of the molecule is CC(NS(=O)(=O)c1c[nH]ccc1=O)C(=O)N1CCOCC1. The maximum atomic E-state index is 12.1. The summed E-state index contributed by atoms with van der Waals surface area (Å²) in [5.74, 6) is -0.339. The Balaban J connectivity index is 2.11. The second-order valence-corrected chi connectivity index (χ2v) is 6.34. The van der Waals surface area contributed by atoms with E-state index in [1.165, 1.54) is 18.0 Å². The number of H-pyrrole nitrogens is 1. The monoisotopic (exact) mass is 315 g/mol. The van der Waals surface area contributed by atoms with Crippen molar-refractivity contribution in [3.63, 3.8) is 0 Å². The molecule has 0 aromatic carbocycles. The molecule has 1 atom stereocenters. The number of morpholine rings is 1. The zero-order valence-corrected chi connectivity index (χ0v) is 12.4. The van der Waals surface area contributed by atoms with Gasteiger partial charge >= 0.3 is 0 Å². The van der Waals surface area contributed by atoms with Gasteiger partial charge in [0, 0.05) is 31.5 Å². The fourth-order valence-corrected chi connectivity index (χ4v) is 3.26. The van der Waals surface area contributed by atoms with E-state index in [-0.39, 0.29) is 5.91 Å². The van der Waals surface area contributed by atoms with Crippen LogP contribution in [0.2, 0.25) is 0 Å². The Bertz CT molecular complexity index is 663. The van der Waals surface area contributed by atoms with Crippen molar-refractivity contribution in [2.24, 2.45) is 0 Å². The lowest BCUT2D eigenvalue weighted by Crippen LogP contribution is -2.50. The minimum Gasteiger partial charge on any atom is -0.378 e. The van der Waals surface area contributed by atoms with Gasteiger partial charge in [0.25, 0.3) is 0 Å². The fraction of sp³-hybridized carbons (Fsp3) is 0.500. The minimum absolute atomic E-state index is 0.339. The lowest BCUT2D eigenvalue weighted by molar-refractivity contribution is -0.136. The van der Waals surface area contributed by atoms with Crippen molar-refractivity contribution in [1.82, 2.24) is 14.6 Å². The van der Waals surface area contributed by atoms with E-state index in [0.717, 1.165) is 12.3 Å². The van der Waals surface area contributed by atoms with Crippen molar-refractivity contribution < 1.29 is 17.9 Å². The van der Waals surface area contributed by atoms with Gasteiger partial charge in [0.2, 0.25) is 21.4 Å². The third kappa shape index (κ3) is 3.69. The molecular formula is C12H17N3O5S. The Hall–Kier alpha value is -1.71. The number of sulfonamides is 1. The number of amides is 1. The van der Waals surface area contributed by atoms with Crippen LogP contribution in [0.1, 0.15) is 6.92 Å². The summed E-state index contributed by atoms with van der Waals surface area (Å²) in [5.41, 5.74) is -0.632. The highest BCUT2D eigenvalue weighted by Gasteiger charge is 2.27. The number of hydrogen-bond donors (Lipinski definition) is 2. The molecule has 1 aliphatic rings. The predicted molar refractivity (Wildman–Crippen MR) is 74.2 cm³/mol. The fourth-order valence-electron chi connectivity index (χ4n) is 2.02. The minimum atomic E-state index is -4.05. The number of nitrogens with zero attached hydrogens (tertiary/aromatic N) is 1. The molecule has 2 rings (SSSR count). The first-order chi connectivity index (χ1) is 9.92. The maximum Gasteiger partial charge on any atom is 0.246 e. The van der Waals surface area contributed by atoms with Gasteiger partial charge in [0.05, 0.1) is 19.3 Å². The van der Waals surface area contributed by atoms with Gasteiger partial charge in [-0.15, -0.1) is 0 Å². The zero-order chi connectivity index (χ0) is 15.5. The molecule has 1 aromatic heterocycles. The van der Waals surface area contributed by atoms with E-state index < -0.39 is 26.4 Å². The number of nitrogens with one attached hydrogen (secondary N) is 2. The summed E-state index contributed by atoms with van der Waals surface area (Å²) in [5, 5.41) is 0. The molecule has 9 heteroatoms. The lowest BCUT2D eigenvalue weighted by Gasteiger charge is -2.29. The van der Waals surface area contributed by atoms with E-state index in [2.05, 4.69) is 9.71 Å². The summed E-state index contributed by atoms with van der Waals surface area (Å²) in [4.78, 5) is 27.4. The van der Waals surface area contributed by atoms with Crippen LogP contribution in [0.25, 0.3) is 0 Å². The molecule has 1 fully saturated rings. The molecule has 1 aliphatic heterocycles. The van der Waals surface area contributed by atoms with Crippen molar-refractivity contribution >= 4 is 15.9 Å². The van der Waals surface area contributed by atoms with Gasteiger partial charge in [-0.05, 0) is 6.92 Å². The van der Waals surface area contributed by atoms with Gasteiger partial charge in [0.1, 0.15) is 4.90 Å². The van der Waals surface area contributed by atoms with Crippen LogP contribution in [-0.2, 0) is 19.6 Å². The van der Waals surface area contributed by atoms with Crippen LogP contribution in [0.5, 0.6) is 0 Å². The zero-order valence-electron chi connectivity index (χ0n) is 11.5. The maximum absolute atomic E-state index is 12.1. The summed E-state index contributed by atoms with van der Waals surface area (Å²) in [6.45, 7) is 3.17. The van der Waals surface area contributed by atoms with Crippen LogP contribution >= 0.6 is 0 Å². The summed E-state index contributed by atoms with van der Waals surface area (Å²) in [6, 6.07) is 0.163. The van der Waals surface area contributed by atoms with Crippen LogP contribution in [-0.4, -0.2) is 56.6 Å². The normalized spacial score (nSPS) is 17.5. The second-order valence-electron chi connectivity index (χ2n) is 4.65.